The Kier molecular flexibility index (Phi) is 4.72. The summed E-state index contributed by atoms with van der Waals surface area (Å²) in [7, 11) is 0. The number of amides is 1. The van der Waals surface area contributed by atoms with Crippen molar-refractivity contribution in [2.45, 2.75) is 25.8 Å². The van der Waals surface area contributed by atoms with Gasteiger partial charge in [-0.3, -0.25) is 4.79 Å². The van der Waals surface area contributed by atoms with E-state index in [0.29, 0.717) is 32.1 Å². The Morgan fingerprint density at radius 3 is 2.82 bits per heavy atom. The van der Waals surface area contributed by atoms with Crippen LogP contribution in [-0.4, -0.2) is 59.7 Å². The monoisotopic (exact) mass is 305 g/mol. The second kappa shape index (κ2) is 6.91. The summed E-state index contributed by atoms with van der Waals surface area (Å²) in [4.78, 5) is 22.6. The minimum atomic E-state index is -0.315. The summed E-state index contributed by atoms with van der Waals surface area (Å²) in [6.45, 7) is 5.35. The molecule has 2 heterocycles. The Hall–Kier alpha value is -1.89. The highest BCUT2D eigenvalue weighted by molar-refractivity contribution is 5.84. The van der Waals surface area contributed by atoms with E-state index in [4.69, 9.17) is 4.74 Å². The molecule has 2 aliphatic rings. The number of ether oxygens (including phenoxy) is 1. The van der Waals surface area contributed by atoms with Crippen molar-refractivity contribution in [2.75, 3.05) is 43.5 Å². The second-order valence-corrected chi connectivity index (χ2v) is 5.92. The lowest BCUT2D eigenvalue weighted by molar-refractivity contribution is -0.135. The minimum absolute atomic E-state index is 0.0781. The summed E-state index contributed by atoms with van der Waals surface area (Å²) < 4.78 is 5.27. The highest BCUT2D eigenvalue weighted by Crippen LogP contribution is 2.28. The first-order valence-electron chi connectivity index (χ1n) is 7.91. The lowest BCUT2D eigenvalue weighted by Crippen LogP contribution is -2.47. The quantitative estimate of drug-likeness (QED) is 0.815. The zero-order chi connectivity index (χ0) is 15.4. The molecular weight excluding hydrogens is 282 g/mol. The van der Waals surface area contributed by atoms with Crippen LogP contribution < -0.4 is 10.6 Å². The summed E-state index contributed by atoms with van der Waals surface area (Å²) in [6, 6.07) is 1.54. The van der Waals surface area contributed by atoms with Crippen molar-refractivity contribution in [2.24, 2.45) is 5.92 Å². The van der Waals surface area contributed by atoms with Crippen LogP contribution in [0.25, 0.3) is 0 Å². The van der Waals surface area contributed by atoms with Crippen molar-refractivity contribution in [3.63, 3.8) is 0 Å². The van der Waals surface area contributed by atoms with Crippen molar-refractivity contribution in [3.05, 3.63) is 12.4 Å². The number of nitrogens with one attached hydrogen (secondary N) is 2. The van der Waals surface area contributed by atoms with E-state index in [1.165, 1.54) is 19.2 Å². The molecule has 22 heavy (non-hydrogen) atoms. The van der Waals surface area contributed by atoms with Gasteiger partial charge in [-0.15, -0.1) is 0 Å². The first kappa shape index (κ1) is 15.0. The van der Waals surface area contributed by atoms with E-state index in [-0.39, 0.29) is 11.9 Å². The molecule has 120 valence electrons. The van der Waals surface area contributed by atoms with Gasteiger partial charge in [-0.05, 0) is 25.7 Å². The van der Waals surface area contributed by atoms with Gasteiger partial charge in [-0.2, -0.15) is 0 Å². The fraction of sp³-hybridized carbons (Fsp3) is 0.667. The average molecular weight is 305 g/mol. The standard InChI is InChI=1S/C15H23N5O2/c1-11(15(21)20-4-6-22-7-5-20)19-14-8-13(17-10-18-14)16-9-12-2-3-12/h8,10-12H,2-7,9H2,1H3,(H2,16,17,18,19). The first-order valence-corrected chi connectivity index (χ1v) is 7.91. The molecule has 1 saturated heterocycles. The molecule has 7 heteroatoms. The Morgan fingerprint density at radius 2 is 2.09 bits per heavy atom. The first-order chi connectivity index (χ1) is 10.7. The van der Waals surface area contributed by atoms with E-state index in [2.05, 4.69) is 20.6 Å². The molecule has 0 radical (unpaired) electrons. The summed E-state index contributed by atoms with van der Waals surface area (Å²) in [5.74, 6) is 2.33. The Balaban J connectivity index is 1.54. The Morgan fingerprint density at radius 1 is 1.36 bits per heavy atom. The molecule has 1 saturated carbocycles. The number of carbonyl (C=O) groups excluding carboxylic acids is 1. The van der Waals surface area contributed by atoms with Crippen LogP contribution >= 0.6 is 0 Å². The zero-order valence-electron chi connectivity index (χ0n) is 12.9. The molecule has 1 amide bonds. The summed E-state index contributed by atoms with van der Waals surface area (Å²) in [5, 5.41) is 6.47. The SMILES string of the molecule is CC(Nc1cc(NCC2CC2)ncn1)C(=O)N1CCOCC1. The zero-order valence-corrected chi connectivity index (χ0v) is 12.9. The van der Waals surface area contributed by atoms with Gasteiger partial charge in [-0.1, -0.05) is 0 Å². The predicted molar refractivity (Wildman–Crippen MR) is 83.7 cm³/mol. The summed E-state index contributed by atoms with van der Waals surface area (Å²) in [6.07, 6.45) is 4.12. The molecule has 7 nitrogen and oxygen atoms in total. The fourth-order valence-corrected chi connectivity index (χ4v) is 2.44. The lowest BCUT2D eigenvalue weighted by Gasteiger charge is -2.29. The van der Waals surface area contributed by atoms with E-state index in [1.807, 2.05) is 17.9 Å². The topological polar surface area (TPSA) is 79.4 Å². The minimum Gasteiger partial charge on any atom is -0.378 e. The molecule has 0 spiro atoms. The van der Waals surface area contributed by atoms with Crippen LogP contribution in [0.3, 0.4) is 0 Å². The van der Waals surface area contributed by atoms with E-state index < -0.39 is 0 Å². The van der Waals surface area contributed by atoms with E-state index in [0.717, 1.165) is 18.3 Å². The van der Waals surface area contributed by atoms with Gasteiger partial charge in [0.25, 0.3) is 0 Å². The van der Waals surface area contributed by atoms with Crippen LogP contribution in [0, 0.1) is 5.92 Å². The number of nitrogens with zero attached hydrogens (tertiary/aromatic N) is 3. The molecule has 2 fully saturated rings. The van der Waals surface area contributed by atoms with Crippen molar-refractivity contribution >= 4 is 17.5 Å². The normalized spacial score (nSPS) is 19.6. The molecule has 1 aromatic rings. The number of hydrogen-bond acceptors (Lipinski definition) is 6. The number of anilines is 2. The highest BCUT2D eigenvalue weighted by Gasteiger charge is 2.23. The van der Waals surface area contributed by atoms with Gasteiger partial charge in [0, 0.05) is 25.7 Å². The number of hydrogen-bond donors (Lipinski definition) is 2. The maximum Gasteiger partial charge on any atom is 0.244 e. The molecule has 1 atom stereocenters. The molecule has 0 bridgehead atoms. The van der Waals surface area contributed by atoms with Crippen LogP contribution in [0.2, 0.25) is 0 Å². The van der Waals surface area contributed by atoms with Gasteiger partial charge in [0.15, 0.2) is 0 Å². The Labute approximate surface area is 130 Å². The van der Waals surface area contributed by atoms with E-state index >= 15 is 0 Å². The average Bonchev–Trinajstić information content (AvgIpc) is 3.38. The van der Waals surface area contributed by atoms with Crippen LogP contribution in [-0.2, 0) is 9.53 Å². The van der Waals surface area contributed by atoms with Crippen molar-refractivity contribution in [1.82, 2.24) is 14.9 Å². The molecule has 0 aromatic carbocycles. The third-order valence-electron chi connectivity index (χ3n) is 3.99. The van der Waals surface area contributed by atoms with Crippen LogP contribution in [0.4, 0.5) is 11.6 Å². The molecule has 3 rings (SSSR count). The summed E-state index contributed by atoms with van der Waals surface area (Å²) >= 11 is 0. The molecule has 1 unspecified atom stereocenters. The maximum absolute atomic E-state index is 12.4. The number of morpholine rings is 1. The highest BCUT2D eigenvalue weighted by atomic mass is 16.5. The van der Waals surface area contributed by atoms with E-state index in [9.17, 15) is 4.79 Å². The van der Waals surface area contributed by atoms with Crippen molar-refractivity contribution in [3.8, 4) is 0 Å². The van der Waals surface area contributed by atoms with Gasteiger partial charge >= 0.3 is 0 Å². The second-order valence-electron chi connectivity index (χ2n) is 5.92. The molecule has 1 aromatic heterocycles. The predicted octanol–water partition coefficient (Wildman–Crippen LogP) is 0.958. The smallest absolute Gasteiger partial charge is 0.244 e. The third kappa shape index (κ3) is 4.07. The molecular formula is C15H23N5O2. The van der Waals surface area contributed by atoms with Crippen molar-refractivity contribution in [1.29, 1.82) is 0 Å². The van der Waals surface area contributed by atoms with Gasteiger partial charge in [-0.25, -0.2) is 9.97 Å². The van der Waals surface area contributed by atoms with Gasteiger partial charge in [0.05, 0.1) is 13.2 Å². The Bertz CT molecular complexity index is 514. The van der Waals surface area contributed by atoms with Gasteiger partial charge in [0.1, 0.15) is 24.0 Å². The van der Waals surface area contributed by atoms with Crippen LogP contribution in [0.5, 0.6) is 0 Å². The van der Waals surface area contributed by atoms with Gasteiger partial charge < -0.3 is 20.3 Å². The lowest BCUT2D eigenvalue weighted by atomic mass is 10.2. The summed E-state index contributed by atoms with van der Waals surface area (Å²) in [5.41, 5.74) is 0. The third-order valence-corrected chi connectivity index (χ3v) is 3.99. The number of aromatic nitrogens is 2. The number of rotatable bonds is 6. The molecule has 2 N–H and O–H groups in total. The maximum atomic E-state index is 12.4. The number of carbonyl (C=O) groups is 1. The molecule has 1 aliphatic heterocycles. The van der Waals surface area contributed by atoms with E-state index in [1.54, 1.807) is 0 Å². The molecule has 1 aliphatic carbocycles. The fourth-order valence-electron chi connectivity index (χ4n) is 2.44. The van der Waals surface area contributed by atoms with Crippen LogP contribution in [0.15, 0.2) is 12.4 Å². The largest absolute Gasteiger partial charge is 0.378 e. The van der Waals surface area contributed by atoms with Crippen LogP contribution in [0.1, 0.15) is 19.8 Å². The van der Waals surface area contributed by atoms with Crippen molar-refractivity contribution < 1.29 is 9.53 Å². The van der Waals surface area contributed by atoms with Gasteiger partial charge in [0.2, 0.25) is 5.91 Å².